The minimum atomic E-state index is -0.310. The van der Waals surface area contributed by atoms with Crippen molar-refractivity contribution < 1.29 is 4.79 Å². The van der Waals surface area contributed by atoms with Crippen LogP contribution in [0.4, 0.5) is 5.82 Å². The monoisotopic (exact) mass is 495 g/mol. The third-order valence-electron chi connectivity index (χ3n) is 7.98. The van der Waals surface area contributed by atoms with Gasteiger partial charge in [0, 0.05) is 45.8 Å². The van der Waals surface area contributed by atoms with Crippen molar-refractivity contribution in [1.82, 2.24) is 19.4 Å². The average molecular weight is 496 g/mol. The maximum absolute atomic E-state index is 13.1. The number of amides is 1. The van der Waals surface area contributed by atoms with E-state index in [-0.39, 0.29) is 23.1 Å². The Morgan fingerprint density at radius 3 is 2.53 bits per heavy atom. The summed E-state index contributed by atoms with van der Waals surface area (Å²) in [7, 11) is 1.50. The van der Waals surface area contributed by atoms with Crippen LogP contribution in [-0.4, -0.2) is 52.7 Å². The zero-order valence-corrected chi connectivity index (χ0v) is 22.3. The van der Waals surface area contributed by atoms with Gasteiger partial charge < -0.3 is 10.2 Å². The summed E-state index contributed by atoms with van der Waals surface area (Å²) in [5.41, 5.74) is 3.45. The summed E-state index contributed by atoms with van der Waals surface area (Å²) in [6.07, 6.45) is 3.88. The second-order valence-corrected chi connectivity index (χ2v) is 10.6. The number of piperidine rings is 2. The van der Waals surface area contributed by atoms with Crippen LogP contribution < -0.4 is 21.5 Å². The summed E-state index contributed by atoms with van der Waals surface area (Å²) >= 11 is 0. The fourth-order valence-electron chi connectivity index (χ4n) is 5.57. The summed E-state index contributed by atoms with van der Waals surface area (Å²) in [5, 5.41) is 3.22. The molecule has 2 saturated heterocycles. The molecule has 0 unspecified atom stereocenters. The number of carbonyl (C=O) groups is 1. The largest absolute Gasteiger partial charge is 0.357 e. The molecule has 2 fully saturated rings. The van der Waals surface area contributed by atoms with Gasteiger partial charge in [0.05, 0.1) is 5.92 Å². The first kappa shape index (κ1) is 26.2. The number of aromatic nitrogens is 2. The van der Waals surface area contributed by atoms with Crippen LogP contribution in [0.25, 0.3) is 0 Å². The van der Waals surface area contributed by atoms with Crippen molar-refractivity contribution in [2.75, 3.05) is 37.6 Å². The Bertz CT molecular complexity index is 1190. The van der Waals surface area contributed by atoms with Crippen molar-refractivity contribution in [1.29, 1.82) is 0 Å². The predicted molar refractivity (Wildman–Crippen MR) is 143 cm³/mol. The van der Waals surface area contributed by atoms with Crippen LogP contribution in [0.3, 0.4) is 0 Å². The van der Waals surface area contributed by atoms with E-state index < -0.39 is 0 Å². The molecule has 36 heavy (non-hydrogen) atoms. The van der Waals surface area contributed by atoms with E-state index >= 15 is 0 Å². The number of hydrogen-bond acceptors (Lipinski definition) is 5. The number of aryl methyl sites for hydroxylation is 2. The Kier molecular flexibility index (Phi) is 8.34. The van der Waals surface area contributed by atoms with Gasteiger partial charge in [-0.1, -0.05) is 23.8 Å². The number of nitrogens with zero attached hydrogens (tertiary/aromatic N) is 4. The van der Waals surface area contributed by atoms with Gasteiger partial charge in [0.25, 0.3) is 5.56 Å². The topological polar surface area (TPSA) is 79.6 Å². The Morgan fingerprint density at radius 1 is 1.06 bits per heavy atom. The van der Waals surface area contributed by atoms with E-state index in [1.165, 1.54) is 29.8 Å². The van der Waals surface area contributed by atoms with Gasteiger partial charge >= 0.3 is 5.69 Å². The molecular weight excluding hydrogens is 454 g/mol. The molecule has 196 valence electrons. The maximum Gasteiger partial charge on any atom is 0.332 e. The molecule has 0 saturated carbocycles. The Labute approximate surface area is 213 Å². The lowest BCUT2D eigenvalue weighted by atomic mass is 9.94. The molecule has 0 aliphatic carbocycles. The number of anilines is 1. The molecule has 2 aliphatic heterocycles. The van der Waals surface area contributed by atoms with Crippen molar-refractivity contribution >= 4 is 11.7 Å². The number of rotatable bonds is 7. The molecule has 0 radical (unpaired) electrons. The van der Waals surface area contributed by atoms with E-state index in [2.05, 4.69) is 42.3 Å². The second kappa shape index (κ2) is 11.5. The molecule has 8 nitrogen and oxygen atoms in total. The molecule has 0 bridgehead atoms. The van der Waals surface area contributed by atoms with Crippen LogP contribution >= 0.6 is 0 Å². The van der Waals surface area contributed by atoms with Gasteiger partial charge in [-0.2, -0.15) is 0 Å². The predicted octanol–water partition coefficient (Wildman–Crippen LogP) is 2.43. The lowest BCUT2D eigenvalue weighted by molar-refractivity contribution is -0.125. The highest BCUT2D eigenvalue weighted by Crippen LogP contribution is 2.23. The van der Waals surface area contributed by atoms with E-state index in [9.17, 15) is 14.4 Å². The first-order chi connectivity index (χ1) is 17.3. The van der Waals surface area contributed by atoms with Gasteiger partial charge in [-0.25, -0.2) is 4.79 Å². The highest BCUT2D eigenvalue weighted by Gasteiger charge is 2.29. The fraction of sp³-hybridized carbons (Fsp3) is 0.607. The second-order valence-electron chi connectivity index (χ2n) is 10.6. The number of carbonyl (C=O) groups excluding carboxylic acids is 1. The summed E-state index contributed by atoms with van der Waals surface area (Å²) in [6.45, 7) is 11.8. The molecule has 0 spiro atoms. The normalized spacial score (nSPS) is 19.4. The third kappa shape index (κ3) is 5.91. The zero-order valence-electron chi connectivity index (χ0n) is 22.3. The molecule has 8 heteroatoms. The molecular formula is C28H41N5O3. The lowest BCUT2D eigenvalue weighted by Gasteiger charge is -2.35. The van der Waals surface area contributed by atoms with Gasteiger partial charge in [0.1, 0.15) is 5.82 Å². The van der Waals surface area contributed by atoms with Crippen LogP contribution in [0.15, 0.2) is 33.9 Å². The van der Waals surface area contributed by atoms with Crippen LogP contribution in [0, 0.1) is 25.7 Å². The van der Waals surface area contributed by atoms with Gasteiger partial charge in [0.2, 0.25) is 5.91 Å². The van der Waals surface area contributed by atoms with Crippen LogP contribution in [0.2, 0.25) is 0 Å². The maximum atomic E-state index is 13.1. The molecule has 2 aromatic rings. The van der Waals surface area contributed by atoms with Gasteiger partial charge in [-0.3, -0.25) is 23.6 Å². The Morgan fingerprint density at radius 2 is 1.81 bits per heavy atom. The van der Waals surface area contributed by atoms with Crippen LogP contribution in [0.1, 0.15) is 49.3 Å². The quantitative estimate of drug-likeness (QED) is 0.638. The first-order valence-corrected chi connectivity index (χ1v) is 13.4. The van der Waals surface area contributed by atoms with E-state index in [1.807, 2.05) is 11.8 Å². The first-order valence-electron chi connectivity index (χ1n) is 13.4. The number of likely N-dealkylation sites (tertiary alicyclic amines) is 1. The minimum Gasteiger partial charge on any atom is -0.357 e. The van der Waals surface area contributed by atoms with E-state index in [0.717, 1.165) is 63.0 Å². The minimum absolute atomic E-state index is 0.0896. The van der Waals surface area contributed by atoms with Crippen molar-refractivity contribution in [3.8, 4) is 0 Å². The number of nitrogens with one attached hydrogen (secondary N) is 1. The molecule has 1 N–H and O–H groups in total. The fourth-order valence-corrected chi connectivity index (χ4v) is 5.57. The smallest absolute Gasteiger partial charge is 0.332 e. The summed E-state index contributed by atoms with van der Waals surface area (Å²) in [4.78, 5) is 42.4. The van der Waals surface area contributed by atoms with Crippen molar-refractivity contribution in [3.05, 3.63) is 61.8 Å². The molecule has 1 aromatic carbocycles. The molecule has 2 aliphatic rings. The summed E-state index contributed by atoms with van der Waals surface area (Å²) in [5.74, 6) is 1.09. The number of benzene rings is 1. The van der Waals surface area contributed by atoms with Crippen molar-refractivity contribution in [2.24, 2.45) is 18.9 Å². The molecule has 1 amide bonds. The van der Waals surface area contributed by atoms with Gasteiger partial charge in [-0.05, 0) is 76.6 Å². The standard InChI is InChI=1S/C28H41N5O3/c1-5-33-25(16-26(34)30(4)28(33)36)32-12-6-7-23(19-32)27(35)29-17-22-10-13-31(14-11-22)18-24-15-20(2)8-9-21(24)3/h8-9,15-16,22-23H,5-7,10-14,17-19H2,1-4H3,(H,29,35)/t23-/m0/s1. The van der Waals surface area contributed by atoms with Crippen molar-refractivity contribution in [3.63, 3.8) is 0 Å². The van der Waals surface area contributed by atoms with Gasteiger partial charge in [0.15, 0.2) is 0 Å². The highest BCUT2D eigenvalue weighted by molar-refractivity contribution is 5.79. The molecule has 3 heterocycles. The van der Waals surface area contributed by atoms with E-state index in [1.54, 1.807) is 4.57 Å². The van der Waals surface area contributed by atoms with Crippen LogP contribution in [0.5, 0.6) is 0 Å². The Balaban J connectivity index is 1.28. The SMILES string of the molecule is CCn1c(N2CCC[C@H](C(=O)NCC3CCN(Cc4cc(C)ccc4C)CC3)C2)cc(=O)n(C)c1=O. The Hall–Kier alpha value is -2.87. The third-order valence-corrected chi connectivity index (χ3v) is 7.98. The molecule has 1 atom stereocenters. The van der Waals surface area contributed by atoms with E-state index in [4.69, 9.17) is 0 Å². The van der Waals surface area contributed by atoms with E-state index in [0.29, 0.717) is 24.8 Å². The van der Waals surface area contributed by atoms with Gasteiger partial charge in [-0.15, -0.1) is 0 Å². The van der Waals surface area contributed by atoms with Crippen LogP contribution in [-0.2, 0) is 24.9 Å². The summed E-state index contributed by atoms with van der Waals surface area (Å²) in [6, 6.07) is 8.19. The van der Waals surface area contributed by atoms with Crippen molar-refractivity contribution in [2.45, 2.75) is 59.5 Å². The average Bonchev–Trinajstić information content (AvgIpc) is 2.88. The highest BCUT2D eigenvalue weighted by atomic mass is 16.2. The molecule has 1 aromatic heterocycles. The molecule has 4 rings (SSSR count). The number of hydrogen-bond donors (Lipinski definition) is 1. The summed E-state index contributed by atoms with van der Waals surface area (Å²) < 4.78 is 2.75. The zero-order chi connectivity index (χ0) is 25.8. The lowest BCUT2D eigenvalue weighted by Crippen LogP contribution is -2.48.